The lowest BCUT2D eigenvalue weighted by atomic mass is 10.0. The first kappa shape index (κ1) is 10.1. The van der Waals surface area contributed by atoms with Crippen LogP contribution in [0.2, 0.25) is 0 Å². The van der Waals surface area contributed by atoms with Crippen LogP contribution in [0.25, 0.3) is 11.4 Å². The Balaban J connectivity index is 1.82. The number of nitrogens with zero attached hydrogens (tertiary/aromatic N) is 1. The maximum atomic E-state index is 4.72. The van der Waals surface area contributed by atoms with Crippen molar-refractivity contribution in [2.24, 2.45) is 0 Å². The minimum atomic E-state index is 0.613. The molecule has 16 heavy (non-hydrogen) atoms. The van der Waals surface area contributed by atoms with Gasteiger partial charge in [-0.05, 0) is 31.5 Å². The van der Waals surface area contributed by atoms with E-state index in [1.54, 1.807) is 11.3 Å². The number of thiazole rings is 1. The Hall–Kier alpha value is -1.13. The fraction of sp³-hybridized carbons (Fsp3) is 0.417. The summed E-state index contributed by atoms with van der Waals surface area (Å²) < 4.78 is 0. The molecular weight excluding hydrogens is 218 g/mol. The number of piperidine rings is 1. The number of hydrogen-bond donors (Lipinski definition) is 2. The van der Waals surface area contributed by atoms with E-state index >= 15 is 0 Å². The first-order valence-corrected chi connectivity index (χ1v) is 6.61. The van der Waals surface area contributed by atoms with Crippen LogP contribution < -0.4 is 5.32 Å². The third-order valence-corrected chi connectivity index (χ3v) is 4.05. The predicted octanol–water partition coefficient (Wildman–Crippen LogP) is 2.61. The van der Waals surface area contributed by atoms with Gasteiger partial charge in [-0.2, -0.15) is 0 Å². The van der Waals surface area contributed by atoms with Gasteiger partial charge in [-0.3, -0.25) is 0 Å². The van der Waals surface area contributed by atoms with Crippen molar-refractivity contribution in [3.63, 3.8) is 0 Å². The quantitative estimate of drug-likeness (QED) is 0.837. The molecule has 0 spiro atoms. The van der Waals surface area contributed by atoms with E-state index in [1.807, 2.05) is 12.3 Å². The number of aromatic amines is 1. The second-order valence-electron chi connectivity index (χ2n) is 4.20. The maximum absolute atomic E-state index is 4.72. The molecule has 1 fully saturated rings. The largest absolute Gasteiger partial charge is 0.360 e. The van der Waals surface area contributed by atoms with Gasteiger partial charge in [0, 0.05) is 24.0 Å². The van der Waals surface area contributed by atoms with Crippen LogP contribution in [0.15, 0.2) is 23.7 Å². The Morgan fingerprint density at radius 3 is 3.19 bits per heavy atom. The molecule has 1 saturated heterocycles. The SMILES string of the molecule is c1c[nH]c(-c2csc(C3CCCNC3)n2)c1. The number of H-pyrrole nitrogens is 1. The number of rotatable bonds is 2. The van der Waals surface area contributed by atoms with Crippen molar-refractivity contribution in [3.8, 4) is 11.4 Å². The zero-order chi connectivity index (χ0) is 10.8. The van der Waals surface area contributed by atoms with Gasteiger partial charge >= 0.3 is 0 Å². The molecule has 0 bridgehead atoms. The van der Waals surface area contributed by atoms with E-state index in [9.17, 15) is 0 Å². The topological polar surface area (TPSA) is 40.7 Å². The highest BCUT2D eigenvalue weighted by molar-refractivity contribution is 7.10. The molecule has 0 amide bonds. The molecule has 0 saturated carbocycles. The fourth-order valence-corrected chi connectivity index (χ4v) is 3.11. The fourth-order valence-electron chi connectivity index (χ4n) is 2.15. The highest BCUT2D eigenvalue weighted by atomic mass is 32.1. The van der Waals surface area contributed by atoms with Crippen molar-refractivity contribution in [1.82, 2.24) is 15.3 Å². The Bertz CT molecular complexity index is 441. The highest BCUT2D eigenvalue weighted by Crippen LogP contribution is 2.29. The first-order valence-electron chi connectivity index (χ1n) is 5.73. The molecular formula is C12H15N3S. The molecule has 4 heteroatoms. The third kappa shape index (κ3) is 1.90. The molecule has 0 aromatic carbocycles. The summed E-state index contributed by atoms with van der Waals surface area (Å²) >= 11 is 1.78. The third-order valence-electron chi connectivity index (χ3n) is 3.04. The van der Waals surface area contributed by atoms with Crippen LogP contribution in [0.3, 0.4) is 0 Å². The Morgan fingerprint density at radius 2 is 2.44 bits per heavy atom. The van der Waals surface area contributed by atoms with E-state index in [1.165, 1.54) is 17.8 Å². The summed E-state index contributed by atoms with van der Waals surface area (Å²) in [4.78, 5) is 7.92. The summed E-state index contributed by atoms with van der Waals surface area (Å²) in [5.41, 5.74) is 2.20. The second kappa shape index (κ2) is 4.39. The van der Waals surface area contributed by atoms with Crippen molar-refractivity contribution in [3.05, 3.63) is 28.7 Å². The van der Waals surface area contributed by atoms with Crippen LogP contribution >= 0.6 is 11.3 Å². The van der Waals surface area contributed by atoms with Gasteiger partial charge < -0.3 is 10.3 Å². The summed E-state index contributed by atoms with van der Waals surface area (Å²) in [6.45, 7) is 2.24. The van der Waals surface area contributed by atoms with Gasteiger partial charge in [0.1, 0.15) is 0 Å². The minimum absolute atomic E-state index is 0.613. The highest BCUT2D eigenvalue weighted by Gasteiger charge is 2.18. The van der Waals surface area contributed by atoms with Gasteiger partial charge in [0.05, 0.1) is 16.4 Å². The van der Waals surface area contributed by atoms with Crippen LogP contribution in [0.1, 0.15) is 23.8 Å². The standard InChI is InChI=1S/C12H15N3S/c1-3-9(7-13-5-1)12-15-11(8-16-12)10-4-2-6-14-10/h2,4,6,8-9,13-14H,1,3,5,7H2. The van der Waals surface area contributed by atoms with Crippen molar-refractivity contribution in [1.29, 1.82) is 0 Å². The van der Waals surface area contributed by atoms with Crippen molar-refractivity contribution in [2.45, 2.75) is 18.8 Å². The normalized spacial score (nSPS) is 21.1. The van der Waals surface area contributed by atoms with Crippen LogP contribution in [0.5, 0.6) is 0 Å². The van der Waals surface area contributed by atoms with Gasteiger partial charge in [-0.1, -0.05) is 0 Å². The van der Waals surface area contributed by atoms with E-state index in [-0.39, 0.29) is 0 Å². The van der Waals surface area contributed by atoms with Gasteiger partial charge in [0.2, 0.25) is 0 Å². The van der Waals surface area contributed by atoms with Crippen molar-refractivity contribution >= 4 is 11.3 Å². The average molecular weight is 233 g/mol. The molecule has 2 aromatic heterocycles. The minimum Gasteiger partial charge on any atom is -0.360 e. The lowest BCUT2D eigenvalue weighted by Gasteiger charge is -2.20. The van der Waals surface area contributed by atoms with E-state index in [0.29, 0.717) is 5.92 Å². The second-order valence-corrected chi connectivity index (χ2v) is 5.09. The summed E-state index contributed by atoms with van der Waals surface area (Å²) in [5, 5.41) is 6.86. The summed E-state index contributed by atoms with van der Waals surface area (Å²) in [6.07, 6.45) is 4.48. The summed E-state index contributed by atoms with van der Waals surface area (Å²) in [5.74, 6) is 0.613. The van der Waals surface area contributed by atoms with Crippen LogP contribution in [-0.4, -0.2) is 23.1 Å². The number of aromatic nitrogens is 2. The van der Waals surface area contributed by atoms with Gasteiger partial charge in [0.25, 0.3) is 0 Å². The Morgan fingerprint density at radius 1 is 1.44 bits per heavy atom. The Labute approximate surface area is 98.9 Å². The van der Waals surface area contributed by atoms with E-state index in [0.717, 1.165) is 24.5 Å². The first-order chi connectivity index (χ1) is 7.93. The molecule has 3 heterocycles. The molecule has 1 unspecified atom stereocenters. The zero-order valence-corrected chi connectivity index (χ0v) is 9.89. The molecule has 1 aliphatic rings. The zero-order valence-electron chi connectivity index (χ0n) is 9.07. The number of hydrogen-bond acceptors (Lipinski definition) is 3. The molecule has 84 valence electrons. The van der Waals surface area contributed by atoms with Crippen molar-refractivity contribution in [2.75, 3.05) is 13.1 Å². The molecule has 1 atom stereocenters. The molecule has 2 aromatic rings. The van der Waals surface area contributed by atoms with Crippen LogP contribution in [0, 0.1) is 0 Å². The van der Waals surface area contributed by atoms with Gasteiger partial charge in [-0.15, -0.1) is 11.3 Å². The van der Waals surface area contributed by atoms with Gasteiger partial charge in [0.15, 0.2) is 0 Å². The van der Waals surface area contributed by atoms with E-state index in [4.69, 9.17) is 4.98 Å². The smallest absolute Gasteiger partial charge is 0.0977 e. The van der Waals surface area contributed by atoms with Crippen molar-refractivity contribution < 1.29 is 0 Å². The summed E-state index contributed by atoms with van der Waals surface area (Å²) in [7, 11) is 0. The van der Waals surface area contributed by atoms with E-state index in [2.05, 4.69) is 21.7 Å². The maximum Gasteiger partial charge on any atom is 0.0977 e. The van der Waals surface area contributed by atoms with E-state index < -0.39 is 0 Å². The predicted molar refractivity (Wildman–Crippen MR) is 66.7 cm³/mol. The lowest BCUT2D eigenvalue weighted by molar-refractivity contribution is 0.460. The Kier molecular flexibility index (Phi) is 2.76. The molecule has 0 radical (unpaired) electrons. The number of nitrogens with one attached hydrogen (secondary N) is 2. The molecule has 1 aliphatic heterocycles. The average Bonchev–Trinajstić information content (AvgIpc) is 3.01. The molecule has 3 nitrogen and oxygen atoms in total. The van der Waals surface area contributed by atoms with Crippen LogP contribution in [0.4, 0.5) is 0 Å². The monoisotopic (exact) mass is 233 g/mol. The molecule has 2 N–H and O–H groups in total. The summed E-state index contributed by atoms with van der Waals surface area (Å²) in [6, 6.07) is 4.08. The van der Waals surface area contributed by atoms with Gasteiger partial charge in [-0.25, -0.2) is 4.98 Å². The van der Waals surface area contributed by atoms with Crippen LogP contribution in [-0.2, 0) is 0 Å². The molecule has 0 aliphatic carbocycles. The molecule has 3 rings (SSSR count). The lowest BCUT2D eigenvalue weighted by Crippen LogP contribution is -2.28.